The number of aromatic nitrogens is 2. The van der Waals surface area contributed by atoms with Crippen LogP contribution in [0.1, 0.15) is 44.3 Å². The van der Waals surface area contributed by atoms with Gasteiger partial charge in [0.15, 0.2) is 5.75 Å². The number of ether oxygens (including phenoxy) is 2. The van der Waals surface area contributed by atoms with Gasteiger partial charge in [-0.3, -0.25) is 4.68 Å². The molecule has 1 fully saturated rings. The number of nitrogens with one attached hydrogen (secondary N) is 1. The van der Waals surface area contributed by atoms with Gasteiger partial charge in [0.05, 0.1) is 24.9 Å². The van der Waals surface area contributed by atoms with E-state index in [1.54, 1.807) is 20.4 Å². The van der Waals surface area contributed by atoms with E-state index < -0.39 is 0 Å². The van der Waals surface area contributed by atoms with E-state index in [9.17, 15) is 0 Å². The molecule has 1 aromatic heterocycles. The van der Waals surface area contributed by atoms with Crippen LogP contribution in [-0.2, 0) is 11.3 Å². The summed E-state index contributed by atoms with van der Waals surface area (Å²) in [4.78, 5) is 0. The van der Waals surface area contributed by atoms with E-state index in [1.165, 1.54) is 6.42 Å². The molecular formula is C14H25N3O2. The Labute approximate surface area is 115 Å². The van der Waals surface area contributed by atoms with Gasteiger partial charge < -0.3 is 14.8 Å². The quantitative estimate of drug-likeness (QED) is 0.822. The van der Waals surface area contributed by atoms with Crippen LogP contribution in [-0.4, -0.2) is 36.6 Å². The molecule has 0 radical (unpaired) electrons. The number of hydrogen-bond donors (Lipinski definition) is 1. The van der Waals surface area contributed by atoms with Crippen LogP contribution < -0.4 is 10.1 Å². The molecule has 0 aliphatic heterocycles. The van der Waals surface area contributed by atoms with Crippen LogP contribution >= 0.6 is 0 Å². The summed E-state index contributed by atoms with van der Waals surface area (Å²) in [6, 6.07) is 0.121. The molecule has 1 aliphatic carbocycles. The highest BCUT2D eigenvalue weighted by molar-refractivity contribution is 5.31. The summed E-state index contributed by atoms with van der Waals surface area (Å²) >= 11 is 0. The Bertz CT molecular complexity index is 407. The van der Waals surface area contributed by atoms with Gasteiger partial charge >= 0.3 is 0 Å². The molecular weight excluding hydrogens is 242 g/mol. The third-order valence-corrected chi connectivity index (χ3v) is 4.19. The number of rotatable bonds is 7. The van der Waals surface area contributed by atoms with E-state index >= 15 is 0 Å². The van der Waals surface area contributed by atoms with E-state index in [0.717, 1.165) is 37.3 Å². The fourth-order valence-corrected chi connectivity index (χ4v) is 3.00. The van der Waals surface area contributed by atoms with Crippen molar-refractivity contribution in [3.05, 3.63) is 11.9 Å². The molecule has 5 heteroatoms. The van der Waals surface area contributed by atoms with Gasteiger partial charge in [0.25, 0.3) is 0 Å². The van der Waals surface area contributed by atoms with Crippen molar-refractivity contribution in [2.75, 3.05) is 21.3 Å². The van der Waals surface area contributed by atoms with Crippen molar-refractivity contribution < 1.29 is 9.47 Å². The summed E-state index contributed by atoms with van der Waals surface area (Å²) in [5.74, 6) is 0.844. The fourth-order valence-electron chi connectivity index (χ4n) is 3.00. The number of hydrogen-bond acceptors (Lipinski definition) is 4. The predicted molar refractivity (Wildman–Crippen MR) is 74.5 cm³/mol. The van der Waals surface area contributed by atoms with Crippen molar-refractivity contribution >= 4 is 0 Å². The maximum absolute atomic E-state index is 5.82. The summed E-state index contributed by atoms with van der Waals surface area (Å²) in [5, 5.41) is 7.85. The molecule has 0 saturated heterocycles. The summed E-state index contributed by atoms with van der Waals surface area (Å²) in [7, 11) is 5.48. The largest absolute Gasteiger partial charge is 0.493 e. The molecule has 108 valence electrons. The molecule has 2 rings (SSSR count). The van der Waals surface area contributed by atoms with Crippen molar-refractivity contribution in [1.82, 2.24) is 15.1 Å². The van der Waals surface area contributed by atoms with Gasteiger partial charge in [-0.1, -0.05) is 6.92 Å². The lowest BCUT2D eigenvalue weighted by Gasteiger charge is -2.46. The van der Waals surface area contributed by atoms with Crippen molar-refractivity contribution in [3.8, 4) is 5.75 Å². The molecule has 5 nitrogen and oxygen atoms in total. The van der Waals surface area contributed by atoms with Gasteiger partial charge in [-0.2, -0.15) is 5.10 Å². The Morgan fingerprint density at radius 1 is 1.47 bits per heavy atom. The lowest BCUT2D eigenvalue weighted by atomic mass is 9.73. The van der Waals surface area contributed by atoms with Crippen molar-refractivity contribution in [3.63, 3.8) is 0 Å². The lowest BCUT2D eigenvalue weighted by Crippen LogP contribution is -2.50. The van der Waals surface area contributed by atoms with E-state index in [1.807, 2.05) is 11.7 Å². The molecule has 1 heterocycles. The van der Waals surface area contributed by atoms with Crippen LogP contribution in [0, 0.1) is 0 Å². The smallest absolute Gasteiger partial charge is 0.161 e. The average Bonchev–Trinajstić information content (AvgIpc) is 2.77. The van der Waals surface area contributed by atoms with Gasteiger partial charge in [0.2, 0.25) is 0 Å². The molecule has 1 aromatic rings. The van der Waals surface area contributed by atoms with Crippen molar-refractivity contribution in [2.45, 2.75) is 50.8 Å². The van der Waals surface area contributed by atoms with Crippen LogP contribution in [0.25, 0.3) is 0 Å². The topological polar surface area (TPSA) is 48.3 Å². The molecule has 1 saturated carbocycles. The van der Waals surface area contributed by atoms with E-state index in [0.29, 0.717) is 0 Å². The third kappa shape index (κ3) is 2.37. The Morgan fingerprint density at radius 2 is 2.21 bits per heavy atom. The molecule has 0 spiro atoms. The summed E-state index contributed by atoms with van der Waals surface area (Å²) in [5.41, 5.74) is 0.987. The highest BCUT2D eigenvalue weighted by Crippen LogP contribution is 2.46. The van der Waals surface area contributed by atoms with Gasteiger partial charge in [-0.15, -0.1) is 0 Å². The molecule has 1 N–H and O–H groups in total. The van der Waals surface area contributed by atoms with Crippen LogP contribution in [0.5, 0.6) is 5.75 Å². The standard InChI is InChI=1S/C14H25N3O2/c1-5-9-17-12(11(18-3)10-16-17)13(15-2)14(19-4)7-6-8-14/h10,13,15H,5-9H2,1-4H3. The monoisotopic (exact) mass is 267 g/mol. The fraction of sp³-hybridized carbons (Fsp3) is 0.786. The first kappa shape index (κ1) is 14.3. The van der Waals surface area contributed by atoms with Gasteiger partial charge in [0.1, 0.15) is 5.69 Å². The number of likely N-dealkylation sites (N-methyl/N-ethyl adjacent to an activating group) is 1. The highest BCUT2D eigenvalue weighted by atomic mass is 16.5. The summed E-state index contributed by atoms with van der Waals surface area (Å²) in [6.45, 7) is 3.05. The lowest BCUT2D eigenvalue weighted by molar-refractivity contribution is -0.100. The summed E-state index contributed by atoms with van der Waals surface area (Å²) < 4.78 is 13.3. The zero-order valence-electron chi connectivity index (χ0n) is 12.4. The van der Waals surface area contributed by atoms with Crippen LogP contribution in [0.15, 0.2) is 6.20 Å². The van der Waals surface area contributed by atoms with Crippen molar-refractivity contribution in [2.24, 2.45) is 0 Å². The first-order chi connectivity index (χ1) is 9.22. The second kappa shape index (κ2) is 5.92. The van der Waals surface area contributed by atoms with Gasteiger partial charge in [-0.25, -0.2) is 0 Å². The maximum Gasteiger partial charge on any atom is 0.161 e. The number of nitrogens with zero attached hydrogens (tertiary/aromatic N) is 2. The normalized spacial score (nSPS) is 18.9. The first-order valence-electron chi connectivity index (χ1n) is 7.04. The van der Waals surface area contributed by atoms with Crippen LogP contribution in [0.3, 0.4) is 0 Å². The Kier molecular flexibility index (Phi) is 4.47. The average molecular weight is 267 g/mol. The SMILES string of the molecule is CCCn1ncc(OC)c1C(NC)C1(OC)CCC1. The molecule has 1 atom stereocenters. The zero-order chi connectivity index (χ0) is 13.9. The Balaban J connectivity index is 2.38. The molecule has 0 amide bonds. The van der Waals surface area contributed by atoms with E-state index in [2.05, 4.69) is 17.3 Å². The minimum Gasteiger partial charge on any atom is -0.493 e. The maximum atomic E-state index is 5.82. The molecule has 1 aliphatic rings. The third-order valence-electron chi connectivity index (χ3n) is 4.19. The van der Waals surface area contributed by atoms with Crippen LogP contribution in [0.2, 0.25) is 0 Å². The van der Waals surface area contributed by atoms with E-state index in [-0.39, 0.29) is 11.6 Å². The minimum atomic E-state index is -0.118. The van der Waals surface area contributed by atoms with Crippen LogP contribution in [0.4, 0.5) is 0 Å². The molecule has 0 bridgehead atoms. The zero-order valence-corrected chi connectivity index (χ0v) is 12.4. The van der Waals surface area contributed by atoms with Gasteiger partial charge in [-0.05, 0) is 32.7 Å². The first-order valence-corrected chi connectivity index (χ1v) is 7.04. The minimum absolute atomic E-state index is 0.118. The van der Waals surface area contributed by atoms with E-state index in [4.69, 9.17) is 9.47 Å². The molecule has 19 heavy (non-hydrogen) atoms. The number of aryl methyl sites for hydroxylation is 1. The summed E-state index contributed by atoms with van der Waals surface area (Å²) in [6.07, 6.45) is 6.23. The highest BCUT2D eigenvalue weighted by Gasteiger charge is 2.47. The second-order valence-corrected chi connectivity index (χ2v) is 5.17. The number of methoxy groups -OCH3 is 2. The van der Waals surface area contributed by atoms with Gasteiger partial charge in [0, 0.05) is 13.7 Å². The van der Waals surface area contributed by atoms with Crippen molar-refractivity contribution in [1.29, 1.82) is 0 Å². The Hall–Kier alpha value is -1.07. The molecule has 0 aromatic carbocycles. The predicted octanol–water partition coefficient (Wildman–Crippen LogP) is 2.13. The molecule has 1 unspecified atom stereocenters. The Morgan fingerprint density at radius 3 is 2.63 bits per heavy atom. The second-order valence-electron chi connectivity index (χ2n) is 5.17.